The summed E-state index contributed by atoms with van der Waals surface area (Å²) in [6.45, 7) is 0.377. The van der Waals surface area contributed by atoms with Crippen LogP contribution in [0.1, 0.15) is 44.1 Å². The van der Waals surface area contributed by atoms with Crippen molar-refractivity contribution in [1.29, 1.82) is 0 Å². The fraction of sp³-hybridized carbons (Fsp3) is 0.481. The number of nitrogens with zero attached hydrogens (tertiary/aromatic N) is 2. The molecule has 0 saturated carbocycles. The van der Waals surface area contributed by atoms with Crippen molar-refractivity contribution < 1.29 is 29.1 Å². The maximum absolute atomic E-state index is 13.5. The Bertz CT molecular complexity index is 1320. The Kier molecular flexibility index (Phi) is 11.2. The van der Waals surface area contributed by atoms with Crippen molar-refractivity contribution in [3.63, 3.8) is 0 Å². The Morgan fingerprint density at radius 2 is 1.76 bits per heavy atom. The fourth-order valence-electron chi connectivity index (χ4n) is 4.98. The first-order chi connectivity index (χ1) is 20.0. The van der Waals surface area contributed by atoms with Crippen LogP contribution in [0.3, 0.4) is 0 Å². The van der Waals surface area contributed by atoms with E-state index in [9.17, 15) is 29.1 Å². The lowest BCUT2D eigenvalue weighted by Gasteiger charge is -2.29. The van der Waals surface area contributed by atoms with Crippen molar-refractivity contribution in [3.8, 4) is 0 Å². The minimum absolute atomic E-state index is 0.104. The largest absolute Gasteiger partial charge is 0.480 e. The highest BCUT2D eigenvalue weighted by atomic mass is 16.4. The van der Waals surface area contributed by atoms with E-state index >= 15 is 0 Å². The smallest absolute Gasteiger partial charge is 0.326 e. The van der Waals surface area contributed by atoms with Crippen LogP contribution >= 0.6 is 0 Å². The number of carbonyl (C=O) groups is 5. The van der Waals surface area contributed by atoms with E-state index in [0.29, 0.717) is 12.8 Å². The van der Waals surface area contributed by atoms with Gasteiger partial charge in [-0.15, -0.1) is 0 Å². The highest BCUT2D eigenvalue weighted by Crippen LogP contribution is 2.20. The van der Waals surface area contributed by atoms with E-state index in [1.165, 1.54) is 4.90 Å². The average Bonchev–Trinajstić information content (AvgIpc) is 3.60. The summed E-state index contributed by atoms with van der Waals surface area (Å²) in [5.41, 5.74) is 24.0. The van der Waals surface area contributed by atoms with Gasteiger partial charge in [0.1, 0.15) is 18.1 Å². The van der Waals surface area contributed by atoms with E-state index < -0.39 is 53.8 Å². The number of nitrogens with one attached hydrogen (secondary N) is 3. The molecule has 1 aromatic heterocycles. The predicted molar refractivity (Wildman–Crippen MR) is 155 cm³/mol. The van der Waals surface area contributed by atoms with Gasteiger partial charge >= 0.3 is 5.97 Å². The van der Waals surface area contributed by atoms with Crippen molar-refractivity contribution >= 4 is 46.5 Å². The molecule has 15 nitrogen and oxygen atoms in total. The summed E-state index contributed by atoms with van der Waals surface area (Å²) in [4.78, 5) is 71.2. The van der Waals surface area contributed by atoms with Gasteiger partial charge in [0.05, 0.1) is 6.04 Å². The molecule has 12 N–H and O–H groups in total. The van der Waals surface area contributed by atoms with Gasteiger partial charge < -0.3 is 48.6 Å². The summed E-state index contributed by atoms with van der Waals surface area (Å²) in [6, 6.07) is 3.17. The van der Waals surface area contributed by atoms with Crippen LogP contribution in [0, 0.1) is 0 Å². The van der Waals surface area contributed by atoms with E-state index in [1.54, 1.807) is 6.20 Å². The average molecular weight is 586 g/mol. The number of hydrogen-bond donors (Lipinski definition) is 8. The van der Waals surface area contributed by atoms with Crippen molar-refractivity contribution in [3.05, 3.63) is 36.0 Å². The third kappa shape index (κ3) is 8.67. The number of aromatic amines is 1. The van der Waals surface area contributed by atoms with E-state index in [1.807, 2.05) is 24.3 Å². The zero-order chi connectivity index (χ0) is 30.8. The van der Waals surface area contributed by atoms with Crippen LogP contribution in [0.4, 0.5) is 0 Å². The lowest BCUT2D eigenvalue weighted by Crippen LogP contribution is -2.57. The molecule has 228 valence electrons. The number of rotatable bonds is 15. The third-order valence-electron chi connectivity index (χ3n) is 7.14. The topological polar surface area (TPSA) is 265 Å². The van der Waals surface area contributed by atoms with Crippen molar-refractivity contribution in [1.82, 2.24) is 20.5 Å². The number of amides is 4. The molecule has 1 saturated heterocycles. The summed E-state index contributed by atoms with van der Waals surface area (Å²) in [6.07, 6.45) is 2.77. The molecule has 2 heterocycles. The SMILES string of the molecule is NC(=O)CCC(NC(=O)C(CCCN=C(N)N)NC(=O)C(N)Cc1c[nH]c2ccccc12)C(=O)N1CCCC1C(=O)O. The van der Waals surface area contributed by atoms with Crippen LogP contribution in [0.25, 0.3) is 10.9 Å². The van der Waals surface area contributed by atoms with Gasteiger partial charge in [-0.25, -0.2) is 4.79 Å². The first kappa shape index (κ1) is 31.9. The monoisotopic (exact) mass is 585 g/mol. The molecule has 1 aliphatic rings. The molecule has 0 radical (unpaired) electrons. The molecular weight excluding hydrogens is 546 g/mol. The van der Waals surface area contributed by atoms with Gasteiger partial charge in [0.2, 0.25) is 23.6 Å². The Labute approximate surface area is 242 Å². The minimum Gasteiger partial charge on any atom is -0.480 e. The van der Waals surface area contributed by atoms with Crippen molar-refractivity contribution in [2.45, 2.75) is 69.1 Å². The van der Waals surface area contributed by atoms with Crippen molar-refractivity contribution in [2.24, 2.45) is 27.9 Å². The molecule has 3 rings (SSSR count). The molecule has 4 atom stereocenters. The second kappa shape index (κ2) is 14.8. The van der Waals surface area contributed by atoms with Crippen LogP contribution in [0.5, 0.6) is 0 Å². The molecular formula is C27H39N9O6. The molecule has 42 heavy (non-hydrogen) atoms. The number of guanidine groups is 1. The molecule has 0 aliphatic carbocycles. The van der Waals surface area contributed by atoms with Crippen molar-refractivity contribution in [2.75, 3.05) is 13.1 Å². The van der Waals surface area contributed by atoms with Gasteiger partial charge in [-0.1, -0.05) is 18.2 Å². The fourth-order valence-corrected chi connectivity index (χ4v) is 4.98. The molecule has 0 bridgehead atoms. The minimum atomic E-state index is -1.23. The molecule has 0 spiro atoms. The number of H-pyrrole nitrogens is 1. The summed E-state index contributed by atoms with van der Waals surface area (Å²) in [5.74, 6) is -3.92. The number of primary amides is 1. The summed E-state index contributed by atoms with van der Waals surface area (Å²) in [5, 5.41) is 15.7. The summed E-state index contributed by atoms with van der Waals surface area (Å²) >= 11 is 0. The number of benzene rings is 1. The van der Waals surface area contributed by atoms with E-state index in [2.05, 4.69) is 20.6 Å². The van der Waals surface area contributed by atoms with Gasteiger partial charge in [0.25, 0.3) is 0 Å². The van der Waals surface area contributed by atoms with Gasteiger partial charge in [-0.2, -0.15) is 0 Å². The number of carboxylic acids is 1. The number of likely N-dealkylation sites (tertiary alicyclic amines) is 1. The molecule has 4 unspecified atom stereocenters. The van der Waals surface area contributed by atoms with Gasteiger partial charge in [0.15, 0.2) is 5.96 Å². The number of aromatic nitrogens is 1. The van der Waals surface area contributed by atoms with Crippen LogP contribution in [0.15, 0.2) is 35.5 Å². The number of nitrogens with two attached hydrogens (primary N) is 4. The number of aliphatic carboxylic acids is 1. The Morgan fingerprint density at radius 1 is 1.05 bits per heavy atom. The number of para-hydroxylation sites is 1. The van der Waals surface area contributed by atoms with Gasteiger partial charge in [0, 0.05) is 36.6 Å². The zero-order valence-electron chi connectivity index (χ0n) is 23.3. The van der Waals surface area contributed by atoms with E-state index in [0.717, 1.165) is 16.5 Å². The Hall–Kier alpha value is -4.66. The molecule has 15 heteroatoms. The number of carboxylic acid groups (broad SMARTS) is 1. The van der Waals surface area contributed by atoms with Crippen LogP contribution in [0.2, 0.25) is 0 Å². The molecule has 1 aliphatic heterocycles. The predicted octanol–water partition coefficient (Wildman–Crippen LogP) is -1.60. The number of hydrogen-bond acceptors (Lipinski definition) is 7. The van der Waals surface area contributed by atoms with Gasteiger partial charge in [-0.3, -0.25) is 24.2 Å². The molecule has 2 aromatic rings. The highest BCUT2D eigenvalue weighted by Gasteiger charge is 2.38. The Balaban J connectivity index is 1.75. The number of carbonyl (C=O) groups excluding carboxylic acids is 4. The molecule has 4 amide bonds. The lowest BCUT2D eigenvalue weighted by molar-refractivity contribution is -0.149. The third-order valence-corrected chi connectivity index (χ3v) is 7.14. The number of aliphatic imine (C=N–C) groups is 1. The maximum atomic E-state index is 13.5. The van der Waals surface area contributed by atoms with Crippen LogP contribution < -0.4 is 33.6 Å². The van der Waals surface area contributed by atoms with E-state index in [4.69, 9.17) is 22.9 Å². The maximum Gasteiger partial charge on any atom is 0.326 e. The number of fused-ring (bicyclic) bond motifs is 1. The second-order valence-corrected chi connectivity index (χ2v) is 10.3. The lowest BCUT2D eigenvalue weighted by atomic mass is 10.0. The first-order valence-electron chi connectivity index (χ1n) is 13.8. The summed E-state index contributed by atoms with van der Waals surface area (Å²) in [7, 11) is 0. The van der Waals surface area contributed by atoms with Gasteiger partial charge in [-0.05, 0) is 50.2 Å². The first-order valence-corrected chi connectivity index (χ1v) is 13.8. The highest BCUT2D eigenvalue weighted by molar-refractivity contribution is 5.95. The second-order valence-electron chi connectivity index (χ2n) is 10.3. The summed E-state index contributed by atoms with van der Waals surface area (Å²) < 4.78 is 0. The van der Waals surface area contributed by atoms with Crippen LogP contribution in [-0.2, 0) is 30.4 Å². The molecule has 1 fully saturated rings. The standard InChI is InChI=1S/C27H39N9O6/c28-17(13-15-14-33-18-6-2-1-5-16(15)18)23(38)34-19(7-3-11-32-27(30)31)24(39)35-20(9-10-22(29)37)25(40)36-12-4-8-21(36)26(41)42/h1-2,5-6,14,17,19-21,33H,3-4,7-13,28H2,(H2,29,37)(H,34,38)(H,35,39)(H,41,42)(H4,30,31,32). The Morgan fingerprint density at radius 3 is 2.45 bits per heavy atom. The molecule has 1 aromatic carbocycles. The zero-order valence-corrected chi connectivity index (χ0v) is 23.3. The normalized spacial score (nSPS) is 16.8. The van der Waals surface area contributed by atoms with Crippen LogP contribution in [-0.4, -0.2) is 87.8 Å². The van der Waals surface area contributed by atoms with E-state index in [-0.39, 0.29) is 51.2 Å². The quantitative estimate of drug-likeness (QED) is 0.0678.